The molecule has 2 heterocycles. The van der Waals surface area contributed by atoms with Crippen LogP contribution in [0.3, 0.4) is 0 Å². The average molecular weight is 289 g/mol. The van der Waals surface area contributed by atoms with Crippen molar-refractivity contribution in [3.05, 3.63) is 30.1 Å². The Morgan fingerprint density at radius 1 is 1.19 bits per heavy atom. The van der Waals surface area contributed by atoms with Gasteiger partial charge >= 0.3 is 0 Å². The predicted octanol–water partition coefficient (Wildman–Crippen LogP) is 3.60. The molecule has 1 N–H and O–H groups in total. The van der Waals surface area contributed by atoms with Crippen molar-refractivity contribution in [1.29, 1.82) is 0 Å². The molecule has 0 saturated carbocycles. The molecule has 0 bridgehead atoms. The maximum atomic E-state index is 4.51. The summed E-state index contributed by atoms with van der Waals surface area (Å²) in [5.74, 6) is 0. The fourth-order valence-corrected chi connectivity index (χ4v) is 3.90. The summed E-state index contributed by atoms with van der Waals surface area (Å²) in [6, 6.07) is 6.84. The van der Waals surface area contributed by atoms with Crippen molar-refractivity contribution in [2.75, 3.05) is 6.54 Å². The minimum Gasteiger partial charge on any atom is -0.307 e. The number of pyridine rings is 1. The first-order valence-electron chi connectivity index (χ1n) is 8.25. The highest BCUT2D eigenvalue weighted by Gasteiger charge is 2.39. The molecular formula is C18H31N3. The molecule has 1 aromatic heterocycles. The van der Waals surface area contributed by atoms with Crippen LogP contribution in [0.15, 0.2) is 24.4 Å². The van der Waals surface area contributed by atoms with Gasteiger partial charge < -0.3 is 5.32 Å². The highest BCUT2D eigenvalue weighted by molar-refractivity contribution is 5.05. The second-order valence-corrected chi connectivity index (χ2v) is 7.75. The Morgan fingerprint density at radius 2 is 1.86 bits per heavy atom. The molecule has 1 aliphatic heterocycles. The van der Waals surface area contributed by atoms with Crippen LogP contribution in [0.25, 0.3) is 0 Å². The van der Waals surface area contributed by atoms with Crippen molar-refractivity contribution >= 4 is 0 Å². The monoisotopic (exact) mass is 289 g/mol. The van der Waals surface area contributed by atoms with E-state index in [0.29, 0.717) is 6.04 Å². The third-order valence-electron chi connectivity index (χ3n) is 4.29. The summed E-state index contributed by atoms with van der Waals surface area (Å²) in [5.41, 5.74) is 1.57. The van der Waals surface area contributed by atoms with Gasteiger partial charge in [-0.2, -0.15) is 0 Å². The van der Waals surface area contributed by atoms with Crippen molar-refractivity contribution < 1.29 is 0 Å². The van der Waals surface area contributed by atoms with Crippen LogP contribution in [-0.4, -0.2) is 33.5 Å². The number of hydrogen-bond donors (Lipinski definition) is 1. The van der Waals surface area contributed by atoms with E-state index in [2.05, 4.69) is 62.0 Å². The number of hydrogen-bond acceptors (Lipinski definition) is 3. The van der Waals surface area contributed by atoms with Gasteiger partial charge in [0.15, 0.2) is 0 Å². The minimum absolute atomic E-state index is 0.197. The SMILES string of the molecule is CCCN(Cc1ccccn1)C1CC(C)(C)NC(C)(C)C1. The molecule has 0 radical (unpaired) electrons. The molecule has 2 rings (SSSR count). The molecule has 0 aliphatic carbocycles. The van der Waals surface area contributed by atoms with Gasteiger partial charge in [-0.05, 0) is 65.6 Å². The molecule has 1 fully saturated rings. The van der Waals surface area contributed by atoms with Crippen LogP contribution in [0.1, 0.15) is 59.6 Å². The zero-order valence-corrected chi connectivity index (χ0v) is 14.3. The van der Waals surface area contributed by atoms with Crippen LogP contribution < -0.4 is 5.32 Å². The summed E-state index contributed by atoms with van der Waals surface area (Å²) >= 11 is 0. The van der Waals surface area contributed by atoms with E-state index in [1.54, 1.807) is 0 Å². The van der Waals surface area contributed by atoms with Gasteiger partial charge in [0.2, 0.25) is 0 Å². The summed E-state index contributed by atoms with van der Waals surface area (Å²) in [4.78, 5) is 7.14. The van der Waals surface area contributed by atoms with E-state index in [0.717, 1.165) is 13.1 Å². The lowest BCUT2D eigenvalue weighted by Crippen LogP contribution is -2.62. The Morgan fingerprint density at radius 3 is 2.38 bits per heavy atom. The zero-order valence-electron chi connectivity index (χ0n) is 14.3. The standard InChI is InChI=1S/C18H31N3/c1-6-11-21(14-15-9-7-8-10-19-15)16-12-17(2,3)20-18(4,5)13-16/h7-10,16,20H,6,11-14H2,1-5H3. The zero-order chi connectivity index (χ0) is 15.5. The summed E-state index contributed by atoms with van der Waals surface area (Å²) in [6.45, 7) is 13.7. The Hall–Kier alpha value is -0.930. The van der Waals surface area contributed by atoms with Crippen LogP contribution in [0.5, 0.6) is 0 Å². The topological polar surface area (TPSA) is 28.2 Å². The molecule has 0 atom stereocenters. The van der Waals surface area contributed by atoms with Crippen LogP contribution in [0, 0.1) is 0 Å². The van der Waals surface area contributed by atoms with E-state index in [-0.39, 0.29) is 11.1 Å². The number of aromatic nitrogens is 1. The van der Waals surface area contributed by atoms with E-state index in [4.69, 9.17) is 0 Å². The molecule has 0 spiro atoms. The van der Waals surface area contributed by atoms with Gasteiger partial charge in [0.05, 0.1) is 5.69 Å². The summed E-state index contributed by atoms with van der Waals surface area (Å²) in [6.07, 6.45) is 5.49. The quantitative estimate of drug-likeness (QED) is 0.897. The lowest BCUT2D eigenvalue weighted by molar-refractivity contribution is 0.0605. The first-order chi connectivity index (χ1) is 9.81. The molecule has 1 aromatic rings. The maximum absolute atomic E-state index is 4.51. The van der Waals surface area contributed by atoms with Crippen LogP contribution in [0.4, 0.5) is 0 Å². The van der Waals surface area contributed by atoms with Crippen molar-refractivity contribution in [1.82, 2.24) is 15.2 Å². The minimum atomic E-state index is 0.197. The number of rotatable bonds is 5. The number of nitrogens with zero attached hydrogens (tertiary/aromatic N) is 2. The van der Waals surface area contributed by atoms with Gasteiger partial charge in [0.1, 0.15) is 0 Å². The lowest BCUT2D eigenvalue weighted by Gasteiger charge is -2.49. The van der Waals surface area contributed by atoms with Crippen LogP contribution in [-0.2, 0) is 6.54 Å². The number of piperidine rings is 1. The van der Waals surface area contributed by atoms with Crippen LogP contribution in [0.2, 0.25) is 0 Å². The smallest absolute Gasteiger partial charge is 0.0544 e. The Labute approximate surface area is 130 Å². The average Bonchev–Trinajstić information content (AvgIpc) is 2.36. The van der Waals surface area contributed by atoms with Gasteiger partial charge in [0, 0.05) is 29.9 Å². The third-order valence-corrected chi connectivity index (χ3v) is 4.29. The molecule has 0 unspecified atom stereocenters. The van der Waals surface area contributed by atoms with Crippen molar-refractivity contribution in [3.8, 4) is 0 Å². The molecule has 0 amide bonds. The van der Waals surface area contributed by atoms with E-state index in [9.17, 15) is 0 Å². The van der Waals surface area contributed by atoms with Gasteiger partial charge in [-0.25, -0.2) is 0 Å². The molecular weight excluding hydrogens is 258 g/mol. The van der Waals surface area contributed by atoms with Crippen LogP contribution >= 0.6 is 0 Å². The van der Waals surface area contributed by atoms with E-state index < -0.39 is 0 Å². The predicted molar refractivity (Wildman–Crippen MR) is 89.3 cm³/mol. The normalized spacial score (nSPS) is 21.6. The van der Waals surface area contributed by atoms with Crippen molar-refractivity contribution in [2.45, 2.75) is 77.5 Å². The second-order valence-electron chi connectivity index (χ2n) is 7.75. The summed E-state index contributed by atoms with van der Waals surface area (Å²) in [5, 5.41) is 3.78. The molecule has 3 heteroatoms. The van der Waals surface area contributed by atoms with Crippen molar-refractivity contribution in [2.24, 2.45) is 0 Å². The largest absolute Gasteiger partial charge is 0.307 e. The lowest BCUT2D eigenvalue weighted by atomic mass is 9.79. The molecule has 118 valence electrons. The van der Waals surface area contributed by atoms with Gasteiger partial charge in [0.25, 0.3) is 0 Å². The van der Waals surface area contributed by atoms with E-state index in [1.165, 1.54) is 25.0 Å². The van der Waals surface area contributed by atoms with E-state index >= 15 is 0 Å². The molecule has 0 aromatic carbocycles. The summed E-state index contributed by atoms with van der Waals surface area (Å²) in [7, 11) is 0. The van der Waals surface area contributed by atoms with Gasteiger partial charge in [-0.3, -0.25) is 9.88 Å². The van der Waals surface area contributed by atoms with E-state index in [1.807, 2.05) is 12.3 Å². The third kappa shape index (κ3) is 4.79. The van der Waals surface area contributed by atoms with Gasteiger partial charge in [-0.1, -0.05) is 13.0 Å². The molecule has 3 nitrogen and oxygen atoms in total. The first-order valence-corrected chi connectivity index (χ1v) is 8.25. The maximum Gasteiger partial charge on any atom is 0.0544 e. The fourth-order valence-electron chi connectivity index (χ4n) is 3.90. The fraction of sp³-hybridized carbons (Fsp3) is 0.722. The Bertz CT molecular complexity index is 423. The molecule has 1 aliphatic rings. The highest BCUT2D eigenvalue weighted by atomic mass is 15.2. The highest BCUT2D eigenvalue weighted by Crippen LogP contribution is 2.32. The second kappa shape index (κ2) is 6.45. The Kier molecular flexibility index (Phi) is 5.05. The van der Waals surface area contributed by atoms with Crippen molar-refractivity contribution in [3.63, 3.8) is 0 Å². The number of nitrogens with one attached hydrogen (secondary N) is 1. The Balaban J connectivity index is 2.13. The summed E-state index contributed by atoms with van der Waals surface area (Å²) < 4.78 is 0. The molecule has 1 saturated heterocycles. The molecule has 21 heavy (non-hydrogen) atoms. The van der Waals surface area contributed by atoms with Gasteiger partial charge in [-0.15, -0.1) is 0 Å². The first kappa shape index (κ1) is 16.4.